The first-order valence-electron chi connectivity index (χ1n) is 8.62. The highest BCUT2D eigenvalue weighted by Gasteiger charge is 2.36. The number of fused-ring (bicyclic) bond motifs is 2. The van der Waals surface area contributed by atoms with Gasteiger partial charge in [0.1, 0.15) is 0 Å². The second-order valence-electron chi connectivity index (χ2n) is 6.91. The predicted molar refractivity (Wildman–Crippen MR) is 91.5 cm³/mol. The molecule has 1 unspecified atom stereocenters. The van der Waals surface area contributed by atoms with E-state index in [-0.39, 0.29) is 5.91 Å². The average molecular weight is 349 g/mol. The number of carbonyl (C=O) groups is 1. The fourth-order valence-electron chi connectivity index (χ4n) is 4.18. The third-order valence-corrected chi connectivity index (χ3v) is 7.38. The summed E-state index contributed by atoms with van der Waals surface area (Å²) in [6, 6.07) is 5.59. The van der Waals surface area contributed by atoms with E-state index in [4.69, 9.17) is 0 Å². The Morgan fingerprint density at radius 2 is 2.00 bits per heavy atom. The van der Waals surface area contributed by atoms with Gasteiger partial charge in [-0.15, -0.1) is 0 Å². The van der Waals surface area contributed by atoms with Crippen LogP contribution in [-0.4, -0.2) is 62.3 Å². The van der Waals surface area contributed by atoms with Gasteiger partial charge >= 0.3 is 0 Å². The molecular weight excluding hydrogens is 326 g/mol. The van der Waals surface area contributed by atoms with Gasteiger partial charge in [-0.2, -0.15) is 4.31 Å². The third-order valence-electron chi connectivity index (χ3n) is 5.52. The molecule has 1 amide bonds. The average Bonchev–Trinajstić information content (AvgIpc) is 3.19. The normalized spacial score (nSPS) is 24.9. The molecule has 0 aromatic heterocycles. The molecule has 0 bridgehead atoms. The molecule has 1 aromatic carbocycles. The van der Waals surface area contributed by atoms with Crippen molar-refractivity contribution in [1.82, 2.24) is 9.21 Å². The van der Waals surface area contributed by atoms with Crippen molar-refractivity contribution < 1.29 is 13.2 Å². The van der Waals surface area contributed by atoms with E-state index < -0.39 is 10.0 Å². The fourth-order valence-corrected chi connectivity index (χ4v) is 5.67. The molecule has 2 fully saturated rings. The van der Waals surface area contributed by atoms with Crippen LogP contribution < -0.4 is 4.90 Å². The van der Waals surface area contributed by atoms with Crippen molar-refractivity contribution in [1.29, 1.82) is 0 Å². The molecule has 0 radical (unpaired) electrons. The van der Waals surface area contributed by atoms with Crippen molar-refractivity contribution in [3.05, 3.63) is 23.8 Å². The van der Waals surface area contributed by atoms with Crippen LogP contribution in [-0.2, 0) is 21.2 Å². The minimum atomic E-state index is -3.50. The van der Waals surface area contributed by atoms with E-state index in [1.807, 2.05) is 6.07 Å². The van der Waals surface area contributed by atoms with Gasteiger partial charge in [-0.25, -0.2) is 8.42 Å². The molecule has 3 heterocycles. The number of rotatable bonds is 2. The van der Waals surface area contributed by atoms with Gasteiger partial charge in [-0.05, 0) is 43.5 Å². The maximum absolute atomic E-state index is 13.1. The van der Waals surface area contributed by atoms with Crippen molar-refractivity contribution in [2.75, 3.05) is 37.6 Å². The van der Waals surface area contributed by atoms with Gasteiger partial charge in [0.05, 0.1) is 4.90 Å². The van der Waals surface area contributed by atoms with Crippen LogP contribution in [0.25, 0.3) is 0 Å². The molecular formula is C17H23N3O3S. The summed E-state index contributed by atoms with van der Waals surface area (Å²) < 4.78 is 27.7. The Morgan fingerprint density at radius 3 is 2.79 bits per heavy atom. The number of piperazine rings is 1. The molecule has 130 valence electrons. The molecule has 0 N–H and O–H groups in total. The Balaban J connectivity index is 1.63. The zero-order chi connectivity index (χ0) is 16.9. The molecule has 0 saturated carbocycles. The van der Waals surface area contributed by atoms with E-state index in [9.17, 15) is 13.2 Å². The van der Waals surface area contributed by atoms with Crippen LogP contribution in [0.3, 0.4) is 0 Å². The van der Waals surface area contributed by atoms with Crippen LogP contribution in [0.5, 0.6) is 0 Å². The molecule has 2 saturated heterocycles. The van der Waals surface area contributed by atoms with Crippen molar-refractivity contribution >= 4 is 21.6 Å². The van der Waals surface area contributed by atoms with Gasteiger partial charge in [0, 0.05) is 44.8 Å². The van der Waals surface area contributed by atoms with Gasteiger partial charge in [0.15, 0.2) is 0 Å². The highest BCUT2D eigenvalue weighted by molar-refractivity contribution is 7.89. The maximum atomic E-state index is 13.1. The predicted octanol–water partition coefficient (Wildman–Crippen LogP) is 1.06. The number of nitrogens with zero attached hydrogens (tertiary/aromatic N) is 3. The van der Waals surface area contributed by atoms with Crippen LogP contribution >= 0.6 is 0 Å². The molecule has 3 aliphatic rings. The van der Waals surface area contributed by atoms with Gasteiger partial charge < -0.3 is 4.90 Å². The minimum Gasteiger partial charge on any atom is -0.312 e. The molecule has 24 heavy (non-hydrogen) atoms. The van der Waals surface area contributed by atoms with Gasteiger partial charge in [0.25, 0.3) is 0 Å². The summed E-state index contributed by atoms with van der Waals surface area (Å²) in [6.45, 7) is 5.19. The summed E-state index contributed by atoms with van der Waals surface area (Å²) in [5.74, 6) is -0.0390. The van der Waals surface area contributed by atoms with Crippen LogP contribution in [0.1, 0.15) is 25.3 Å². The van der Waals surface area contributed by atoms with Crippen molar-refractivity contribution in [3.8, 4) is 0 Å². The van der Waals surface area contributed by atoms with Crippen molar-refractivity contribution in [2.24, 2.45) is 0 Å². The number of hydrogen-bond acceptors (Lipinski definition) is 4. The Labute approximate surface area is 143 Å². The highest BCUT2D eigenvalue weighted by atomic mass is 32.2. The summed E-state index contributed by atoms with van der Waals surface area (Å²) >= 11 is 0. The van der Waals surface area contributed by atoms with Gasteiger partial charge in [-0.1, -0.05) is 6.07 Å². The fraction of sp³-hybridized carbons (Fsp3) is 0.588. The summed E-state index contributed by atoms with van der Waals surface area (Å²) in [4.78, 5) is 16.1. The smallest absolute Gasteiger partial charge is 0.243 e. The molecule has 3 aliphatic heterocycles. The second kappa shape index (κ2) is 5.82. The molecule has 1 atom stereocenters. The largest absolute Gasteiger partial charge is 0.312 e. The van der Waals surface area contributed by atoms with E-state index in [0.717, 1.165) is 43.6 Å². The molecule has 1 aromatic rings. The summed E-state index contributed by atoms with van der Waals surface area (Å²) in [7, 11) is -3.50. The van der Waals surface area contributed by atoms with Crippen LogP contribution in [0, 0.1) is 0 Å². The van der Waals surface area contributed by atoms with E-state index in [1.165, 1.54) is 6.92 Å². The summed E-state index contributed by atoms with van der Waals surface area (Å²) in [5.41, 5.74) is 1.80. The highest BCUT2D eigenvalue weighted by Crippen LogP contribution is 2.32. The minimum absolute atomic E-state index is 0.0390. The number of benzene rings is 1. The number of amides is 1. The lowest BCUT2D eigenvalue weighted by Gasteiger charge is -2.36. The van der Waals surface area contributed by atoms with Crippen molar-refractivity contribution in [2.45, 2.75) is 37.1 Å². The zero-order valence-corrected chi connectivity index (χ0v) is 14.8. The van der Waals surface area contributed by atoms with Crippen molar-refractivity contribution in [3.63, 3.8) is 0 Å². The lowest BCUT2D eigenvalue weighted by Crippen LogP contribution is -2.51. The van der Waals surface area contributed by atoms with E-state index in [0.29, 0.717) is 30.6 Å². The standard InChI is InChI=1S/C17H23N3O3S/c1-13(21)20-8-6-14-4-5-16(11-17(14)20)24(22,23)19-10-9-18-7-2-3-15(18)12-19/h4-5,11,15H,2-3,6-10,12H2,1H3. The van der Waals surface area contributed by atoms with E-state index in [1.54, 1.807) is 21.3 Å². The van der Waals surface area contributed by atoms with Gasteiger partial charge in [0.2, 0.25) is 15.9 Å². The Morgan fingerprint density at radius 1 is 1.17 bits per heavy atom. The number of hydrogen-bond donors (Lipinski definition) is 0. The zero-order valence-electron chi connectivity index (χ0n) is 13.9. The lowest BCUT2D eigenvalue weighted by atomic mass is 10.2. The number of anilines is 1. The van der Waals surface area contributed by atoms with E-state index in [2.05, 4.69) is 4.90 Å². The van der Waals surface area contributed by atoms with E-state index >= 15 is 0 Å². The number of sulfonamides is 1. The van der Waals surface area contributed by atoms with Crippen LogP contribution in [0.2, 0.25) is 0 Å². The number of carbonyl (C=O) groups excluding carboxylic acids is 1. The first-order chi connectivity index (χ1) is 11.5. The second-order valence-corrected chi connectivity index (χ2v) is 8.84. The van der Waals surface area contributed by atoms with Gasteiger partial charge in [-0.3, -0.25) is 9.69 Å². The monoisotopic (exact) mass is 349 g/mol. The Kier molecular flexibility index (Phi) is 3.89. The van der Waals surface area contributed by atoms with Crippen LogP contribution in [0.15, 0.2) is 23.1 Å². The SMILES string of the molecule is CC(=O)N1CCc2ccc(S(=O)(=O)N3CCN4CCCC4C3)cc21. The first kappa shape index (κ1) is 16.1. The molecule has 4 rings (SSSR count). The first-order valence-corrected chi connectivity index (χ1v) is 10.1. The topological polar surface area (TPSA) is 60.9 Å². The molecule has 0 aliphatic carbocycles. The third kappa shape index (κ3) is 2.55. The molecule has 7 heteroatoms. The Hall–Kier alpha value is -1.44. The molecule has 6 nitrogen and oxygen atoms in total. The lowest BCUT2D eigenvalue weighted by molar-refractivity contribution is -0.116. The summed E-state index contributed by atoms with van der Waals surface area (Å²) in [6.07, 6.45) is 3.02. The van der Waals surface area contributed by atoms with Crippen LogP contribution in [0.4, 0.5) is 5.69 Å². The quantitative estimate of drug-likeness (QED) is 0.801. The maximum Gasteiger partial charge on any atom is 0.243 e. The Bertz CT molecular complexity index is 777. The molecule has 0 spiro atoms. The summed E-state index contributed by atoms with van der Waals surface area (Å²) in [5, 5.41) is 0.